The van der Waals surface area contributed by atoms with Crippen LogP contribution in [0.2, 0.25) is 0 Å². The largest absolute Gasteiger partial charge is 0.312 e. The summed E-state index contributed by atoms with van der Waals surface area (Å²) in [5, 5.41) is 10.9. The van der Waals surface area contributed by atoms with Crippen LogP contribution in [0, 0.1) is 10.1 Å². The maximum absolute atomic E-state index is 12.5. The summed E-state index contributed by atoms with van der Waals surface area (Å²) < 4.78 is 31.2. The van der Waals surface area contributed by atoms with Gasteiger partial charge < -0.3 is 4.57 Å². The average Bonchev–Trinajstić information content (AvgIpc) is 2.92. The summed E-state index contributed by atoms with van der Waals surface area (Å²) in [6.45, 7) is 4.00. The standard InChI is InChI=1S/C16H13N3O4S2/c1-2-10-18-14-9-8-12(19(20)21)11-15(14)24-16(18)17-25(22,23)13-6-4-3-5-7-13/h2-9,11H,1,10H2. The normalized spacial score (nSPS) is 12.4. The lowest BCUT2D eigenvalue weighted by molar-refractivity contribution is -0.384. The molecule has 0 radical (unpaired) electrons. The fraction of sp³-hybridized carbons (Fsp3) is 0.0625. The third kappa shape index (κ3) is 3.37. The van der Waals surface area contributed by atoms with Crippen molar-refractivity contribution in [2.45, 2.75) is 11.4 Å². The first-order valence-electron chi connectivity index (χ1n) is 7.17. The maximum Gasteiger partial charge on any atom is 0.285 e. The van der Waals surface area contributed by atoms with Crippen LogP contribution in [0.25, 0.3) is 10.2 Å². The third-order valence-corrected chi connectivity index (χ3v) is 5.87. The zero-order valence-electron chi connectivity index (χ0n) is 12.9. The highest BCUT2D eigenvalue weighted by Crippen LogP contribution is 2.23. The van der Waals surface area contributed by atoms with Gasteiger partial charge in [0.15, 0.2) is 0 Å². The number of thiazole rings is 1. The quantitative estimate of drug-likeness (QED) is 0.389. The van der Waals surface area contributed by atoms with Crippen LogP contribution in [0.5, 0.6) is 0 Å². The molecule has 0 N–H and O–H groups in total. The fourth-order valence-electron chi connectivity index (χ4n) is 2.30. The molecule has 0 saturated carbocycles. The highest BCUT2D eigenvalue weighted by molar-refractivity contribution is 7.90. The van der Waals surface area contributed by atoms with Gasteiger partial charge in [-0.3, -0.25) is 10.1 Å². The number of fused-ring (bicyclic) bond motifs is 1. The van der Waals surface area contributed by atoms with Crippen molar-refractivity contribution in [3.05, 3.63) is 76.1 Å². The van der Waals surface area contributed by atoms with Gasteiger partial charge in [0.05, 0.1) is 20.0 Å². The number of sulfonamides is 1. The maximum atomic E-state index is 12.5. The number of benzene rings is 2. The first-order valence-corrected chi connectivity index (χ1v) is 9.43. The van der Waals surface area contributed by atoms with Gasteiger partial charge in [0.25, 0.3) is 15.7 Å². The van der Waals surface area contributed by atoms with Gasteiger partial charge in [-0.2, -0.15) is 8.42 Å². The van der Waals surface area contributed by atoms with Gasteiger partial charge in [-0.1, -0.05) is 35.6 Å². The third-order valence-electron chi connectivity index (χ3n) is 3.43. The Kier molecular flexibility index (Phi) is 4.51. The first-order chi connectivity index (χ1) is 11.9. The molecule has 0 aliphatic rings. The summed E-state index contributed by atoms with van der Waals surface area (Å²) in [6, 6.07) is 12.3. The molecule has 25 heavy (non-hydrogen) atoms. The molecule has 128 valence electrons. The van der Waals surface area contributed by atoms with Crippen molar-refractivity contribution < 1.29 is 13.3 Å². The molecular formula is C16H13N3O4S2. The van der Waals surface area contributed by atoms with Crippen molar-refractivity contribution in [1.29, 1.82) is 0 Å². The van der Waals surface area contributed by atoms with E-state index < -0.39 is 14.9 Å². The Bertz CT molecular complexity index is 1130. The average molecular weight is 375 g/mol. The monoisotopic (exact) mass is 375 g/mol. The van der Waals surface area contributed by atoms with E-state index in [1.807, 2.05) is 0 Å². The molecule has 1 aromatic heterocycles. The number of hydrogen-bond donors (Lipinski definition) is 0. The second-order valence-corrected chi connectivity index (χ2v) is 7.69. The van der Waals surface area contributed by atoms with Gasteiger partial charge in [0, 0.05) is 18.7 Å². The molecule has 0 atom stereocenters. The van der Waals surface area contributed by atoms with Gasteiger partial charge in [-0.25, -0.2) is 0 Å². The first kappa shape index (κ1) is 17.1. The van der Waals surface area contributed by atoms with Gasteiger partial charge >= 0.3 is 0 Å². The minimum Gasteiger partial charge on any atom is -0.312 e. The van der Waals surface area contributed by atoms with E-state index in [-0.39, 0.29) is 15.4 Å². The lowest BCUT2D eigenvalue weighted by atomic mass is 10.3. The summed E-state index contributed by atoms with van der Waals surface area (Å²) >= 11 is 1.08. The molecule has 0 aliphatic heterocycles. The topological polar surface area (TPSA) is 94.6 Å². The molecule has 3 rings (SSSR count). The zero-order valence-corrected chi connectivity index (χ0v) is 14.5. The van der Waals surface area contributed by atoms with E-state index in [0.717, 1.165) is 11.3 Å². The summed E-state index contributed by atoms with van der Waals surface area (Å²) in [7, 11) is -3.88. The summed E-state index contributed by atoms with van der Waals surface area (Å²) in [6.07, 6.45) is 1.61. The molecule has 2 aromatic carbocycles. The van der Waals surface area contributed by atoms with E-state index in [2.05, 4.69) is 11.0 Å². The Morgan fingerprint density at radius 1 is 1.24 bits per heavy atom. The van der Waals surface area contributed by atoms with E-state index in [0.29, 0.717) is 16.8 Å². The van der Waals surface area contributed by atoms with Gasteiger partial charge in [-0.15, -0.1) is 11.0 Å². The lowest BCUT2D eigenvalue weighted by Gasteiger charge is -2.01. The Labute approximate surface area is 147 Å². The highest BCUT2D eigenvalue weighted by atomic mass is 32.2. The zero-order chi connectivity index (χ0) is 18.0. The molecular weight excluding hydrogens is 362 g/mol. The molecule has 1 heterocycles. The summed E-state index contributed by atoms with van der Waals surface area (Å²) in [5.41, 5.74) is 0.606. The van der Waals surface area contributed by atoms with Crippen LogP contribution in [0.15, 0.2) is 70.5 Å². The second-order valence-electron chi connectivity index (χ2n) is 5.07. The molecule has 0 spiro atoms. The van der Waals surface area contributed by atoms with E-state index >= 15 is 0 Å². The van der Waals surface area contributed by atoms with Crippen LogP contribution in [-0.2, 0) is 16.6 Å². The number of hydrogen-bond acceptors (Lipinski definition) is 5. The number of aromatic nitrogens is 1. The molecule has 0 aliphatic carbocycles. The summed E-state index contributed by atoms with van der Waals surface area (Å²) in [4.78, 5) is 10.8. The van der Waals surface area contributed by atoms with Crippen molar-refractivity contribution in [3.63, 3.8) is 0 Å². The highest BCUT2D eigenvalue weighted by Gasteiger charge is 2.15. The minimum absolute atomic E-state index is 0.0584. The molecule has 3 aromatic rings. The second kappa shape index (κ2) is 6.61. The van der Waals surface area contributed by atoms with Crippen LogP contribution >= 0.6 is 11.3 Å². The van der Waals surface area contributed by atoms with Crippen LogP contribution in [0.1, 0.15) is 0 Å². The molecule has 0 bridgehead atoms. The molecule has 0 fully saturated rings. The predicted octanol–water partition coefficient (Wildman–Crippen LogP) is 3.09. The fourth-order valence-corrected chi connectivity index (χ4v) is 4.60. The molecule has 0 unspecified atom stereocenters. The Morgan fingerprint density at radius 2 is 1.96 bits per heavy atom. The molecule has 0 saturated heterocycles. The number of rotatable bonds is 5. The number of nitro groups is 1. The summed E-state index contributed by atoms with van der Waals surface area (Å²) in [5.74, 6) is 0. The Balaban J connectivity index is 2.26. The van der Waals surface area contributed by atoms with Crippen LogP contribution in [0.4, 0.5) is 5.69 Å². The van der Waals surface area contributed by atoms with E-state index in [1.54, 1.807) is 34.9 Å². The number of allylic oxidation sites excluding steroid dienone is 1. The minimum atomic E-state index is -3.88. The number of nitrogens with zero attached hydrogens (tertiary/aromatic N) is 3. The lowest BCUT2D eigenvalue weighted by Crippen LogP contribution is -2.16. The van der Waals surface area contributed by atoms with Crippen LogP contribution in [-0.4, -0.2) is 17.9 Å². The van der Waals surface area contributed by atoms with E-state index in [9.17, 15) is 18.5 Å². The molecule has 0 amide bonds. The van der Waals surface area contributed by atoms with Crippen molar-refractivity contribution in [2.75, 3.05) is 0 Å². The molecule has 7 nitrogen and oxygen atoms in total. The van der Waals surface area contributed by atoms with E-state index in [1.165, 1.54) is 24.3 Å². The van der Waals surface area contributed by atoms with Crippen LogP contribution < -0.4 is 4.80 Å². The van der Waals surface area contributed by atoms with Crippen molar-refractivity contribution in [1.82, 2.24) is 4.57 Å². The van der Waals surface area contributed by atoms with Crippen molar-refractivity contribution in [3.8, 4) is 0 Å². The van der Waals surface area contributed by atoms with Gasteiger partial charge in [0.2, 0.25) is 4.80 Å². The SMILES string of the molecule is C=CCn1c(=NS(=O)(=O)c2ccccc2)sc2cc([N+](=O)[O-])ccc21. The number of nitro benzene ring substituents is 1. The van der Waals surface area contributed by atoms with E-state index in [4.69, 9.17) is 0 Å². The van der Waals surface area contributed by atoms with Gasteiger partial charge in [0.1, 0.15) is 0 Å². The van der Waals surface area contributed by atoms with Crippen molar-refractivity contribution in [2.24, 2.45) is 4.40 Å². The van der Waals surface area contributed by atoms with Gasteiger partial charge in [-0.05, 0) is 18.2 Å². The smallest absolute Gasteiger partial charge is 0.285 e. The Hall–Kier alpha value is -2.78. The molecule has 9 heteroatoms. The van der Waals surface area contributed by atoms with Crippen molar-refractivity contribution >= 4 is 37.3 Å². The Morgan fingerprint density at radius 3 is 2.60 bits per heavy atom. The van der Waals surface area contributed by atoms with Crippen LogP contribution in [0.3, 0.4) is 0 Å². The predicted molar refractivity (Wildman–Crippen MR) is 95.9 cm³/mol. The number of non-ortho nitro benzene ring substituents is 1.